The van der Waals surface area contributed by atoms with Crippen LogP contribution in [0.5, 0.6) is 5.75 Å². The van der Waals surface area contributed by atoms with Crippen LogP contribution in [-0.2, 0) is 14.3 Å². The summed E-state index contributed by atoms with van der Waals surface area (Å²) >= 11 is 2.17. The topological polar surface area (TPSA) is 108 Å². The van der Waals surface area contributed by atoms with E-state index in [0.717, 1.165) is 42.1 Å². The van der Waals surface area contributed by atoms with Gasteiger partial charge in [0.1, 0.15) is 18.0 Å². The van der Waals surface area contributed by atoms with Crippen molar-refractivity contribution in [3.63, 3.8) is 0 Å². The van der Waals surface area contributed by atoms with Gasteiger partial charge in [-0.1, -0.05) is 25.0 Å². The van der Waals surface area contributed by atoms with Crippen molar-refractivity contribution >= 4 is 34.4 Å². The summed E-state index contributed by atoms with van der Waals surface area (Å²) in [5.41, 5.74) is 0.446. The summed E-state index contributed by atoms with van der Waals surface area (Å²) in [7, 11) is 0. The lowest BCUT2D eigenvalue weighted by molar-refractivity contribution is -0.145. The third-order valence-electron chi connectivity index (χ3n) is 7.13. The van der Waals surface area contributed by atoms with Crippen LogP contribution in [0.3, 0.4) is 0 Å². The number of amides is 2. The maximum atomic E-state index is 13.7. The van der Waals surface area contributed by atoms with Crippen molar-refractivity contribution in [2.24, 2.45) is 5.92 Å². The minimum absolute atomic E-state index is 0.0344. The summed E-state index contributed by atoms with van der Waals surface area (Å²) in [4.78, 5) is 28.4. The lowest BCUT2D eigenvalue weighted by Crippen LogP contribution is -2.57. The van der Waals surface area contributed by atoms with Crippen molar-refractivity contribution in [3.05, 3.63) is 39.5 Å². The van der Waals surface area contributed by atoms with Crippen LogP contribution in [0.4, 0.5) is 0 Å². The largest absolute Gasteiger partial charge is 0.482 e. The average molecular weight is 598 g/mol. The minimum Gasteiger partial charge on any atom is -0.482 e. The van der Waals surface area contributed by atoms with Gasteiger partial charge in [-0.3, -0.25) is 9.59 Å². The van der Waals surface area contributed by atoms with Crippen molar-refractivity contribution in [1.82, 2.24) is 10.2 Å². The van der Waals surface area contributed by atoms with Crippen LogP contribution in [0.15, 0.2) is 35.9 Å². The van der Waals surface area contributed by atoms with Gasteiger partial charge >= 0.3 is 0 Å². The molecule has 0 spiro atoms. The van der Waals surface area contributed by atoms with Gasteiger partial charge in [0, 0.05) is 37.6 Å². The lowest BCUT2D eigenvalue weighted by atomic mass is 9.87. The van der Waals surface area contributed by atoms with Gasteiger partial charge in [-0.15, -0.1) is 0 Å². The van der Waals surface area contributed by atoms with Gasteiger partial charge in [0.2, 0.25) is 11.8 Å². The van der Waals surface area contributed by atoms with E-state index >= 15 is 0 Å². The molecule has 1 heterocycles. The molecule has 4 atom stereocenters. The number of hydrogen-bond acceptors (Lipinski definition) is 6. The van der Waals surface area contributed by atoms with E-state index in [1.807, 2.05) is 24.3 Å². The number of aliphatic hydroxyl groups excluding tert-OH is 2. The molecule has 192 valence electrons. The number of carbonyl (C=O) groups is 2. The molecule has 1 aromatic rings. The van der Waals surface area contributed by atoms with Crippen LogP contribution in [0.1, 0.15) is 44.9 Å². The van der Waals surface area contributed by atoms with Crippen molar-refractivity contribution in [2.75, 3.05) is 26.3 Å². The molecule has 2 aliphatic carbocycles. The third kappa shape index (κ3) is 6.55. The van der Waals surface area contributed by atoms with Crippen LogP contribution < -0.4 is 10.1 Å². The number of ether oxygens (including phenoxy) is 2. The zero-order chi connectivity index (χ0) is 24.8. The van der Waals surface area contributed by atoms with Gasteiger partial charge in [0.25, 0.3) is 0 Å². The highest BCUT2D eigenvalue weighted by molar-refractivity contribution is 14.1. The smallest absolute Gasteiger partial charge is 0.247 e. The Hall–Kier alpha value is -1.69. The molecule has 1 aliphatic heterocycles. The number of hydrogen-bond donors (Lipinski definition) is 3. The molecule has 3 N–H and O–H groups in total. The fourth-order valence-electron chi connectivity index (χ4n) is 5.27. The van der Waals surface area contributed by atoms with Crippen molar-refractivity contribution in [3.8, 4) is 5.75 Å². The summed E-state index contributed by atoms with van der Waals surface area (Å²) in [5.74, 6) is 0.261. The Balaban J connectivity index is 1.63. The van der Waals surface area contributed by atoms with Gasteiger partial charge in [-0.2, -0.15) is 0 Å². The molecule has 4 rings (SSSR count). The quantitative estimate of drug-likeness (QED) is 0.377. The maximum absolute atomic E-state index is 13.7. The fourth-order valence-corrected chi connectivity index (χ4v) is 5.78. The van der Waals surface area contributed by atoms with Crippen molar-refractivity contribution in [2.45, 2.75) is 69.3 Å². The van der Waals surface area contributed by atoms with Crippen LogP contribution in [0.25, 0.3) is 0 Å². The van der Waals surface area contributed by atoms with Gasteiger partial charge in [-0.25, -0.2) is 0 Å². The van der Waals surface area contributed by atoms with E-state index in [4.69, 9.17) is 14.6 Å². The van der Waals surface area contributed by atoms with E-state index in [9.17, 15) is 14.7 Å². The van der Waals surface area contributed by atoms with E-state index in [1.54, 1.807) is 11.0 Å². The Kier molecular flexibility index (Phi) is 9.43. The molecule has 0 bridgehead atoms. The molecule has 4 unspecified atom stereocenters. The Morgan fingerprint density at radius 2 is 1.94 bits per heavy atom. The van der Waals surface area contributed by atoms with Gasteiger partial charge in [-0.05, 0) is 66.5 Å². The van der Waals surface area contributed by atoms with Crippen LogP contribution in [0, 0.1) is 9.49 Å². The van der Waals surface area contributed by atoms with Gasteiger partial charge in [0.05, 0.1) is 22.3 Å². The summed E-state index contributed by atoms with van der Waals surface area (Å²) in [5, 5.41) is 23.4. The second kappa shape index (κ2) is 12.5. The highest BCUT2D eigenvalue weighted by Gasteiger charge is 2.43. The lowest BCUT2D eigenvalue weighted by Gasteiger charge is -2.42. The summed E-state index contributed by atoms with van der Waals surface area (Å²) in [6, 6.07) is 6.89. The summed E-state index contributed by atoms with van der Waals surface area (Å²) < 4.78 is 13.0. The molecule has 1 saturated carbocycles. The zero-order valence-corrected chi connectivity index (χ0v) is 22.1. The normalized spacial score (nSPS) is 26.9. The Morgan fingerprint density at radius 1 is 1.17 bits per heavy atom. The number of benzene rings is 1. The SMILES string of the molecule is O=C(NCCO)C1=CC(Oc2ccccc2I)C(O)C(N(CC2CCCO2)C(=O)C2CCCC2)C1. The van der Waals surface area contributed by atoms with Crippen LogP contribution >= 0.6 is 22.6 Å². The van der Waals surface area contributed by atoms with Crippen molar-refractivity contribution in [1.29, 1.82) is 0 Å². The molecule has 9 heteroatoms. The maximum Gasteiger partial charge on any atom is 0.247 e. The molecular formula is C26H35IN2O6. The molecule has 0 aromatic heterocycles. The second-order valence-corrected chi connectivity index (χ2v) is 10.7. The third-order valence-corrected chi connectivity index (χ3v) is 8.02. The zero-order valence-electron chi connectivity index (χ0n) is 19.9. The molecule has 2 amide bonds. The Labute approximate surface area is 220 Å². The molecule has 2 fully saturated rings. The standard InChI is InChI=1S/C26H35IN2O6/c27-20-9-3-4-10-22(20)35-23-15-18(25(32)28-11-12-30)14-21(24(23)31)29(16-19-8-5-13-34-19)26(33)17-6-1-2-7-17/h3-4,9-10,15,17,19,21,23-24,30-31H,1-2,5-8,11-14,16H2,(H,28,32). The van der Waals surface area contributed by atoms with Crippen LogP contribution in [0.2, 0.25) is 0 Å². The second-order valence-electron chi connectivity index (χ2n) is 9.55. The number of halogens is 1. The molecule has 8 nitrogen and oxygen atoms in total. The highest BCUT2D eigenvalue weighted by Crippen LogP contribution is 2.33. The van der Waals surface area contributed by atoms with E-state index in [0.29, 0.717) is 24.5 Å². The number of carbonyl (C=O) groups excluding carboxylic acids is 2. The van der Waals surface area contributed by atoms with Crippen LogP contribution in [-0.4, -0.2) is 77.6 Å². The Bertz CT molecular complexity index is 913. The van der Waals surface area contributed by atoms with Gasteiger partial charge < -0.3 is 29.9 Å². The first-order chi connectivity index (χ1) is 17.0. The summed E-state index contributed by atoms with van der Waals surface area (Å²) in [6.07, 6.45) is 5.59. The van der Waals surface area contributed by atoms with E-state index in [-0.39, 0.29) is 43.4 Å². The molecular weight excluding hydrogens is 563 g/mol. The minimum atomic E-state index is -1.01. The monoisotopic (exact) mass is 598 g/mol. The molecule has 1 aromatic carbocycles. The number of rotatable bonds is 9. The number of aliphatic hydroxyl groups is 2. The fraction of sp³-hybridized carbons (Fsp3) is 0.615. The first kappa shape index (κ1) is 26.4. The first-order valence-electron chi connectivity index (χ1n) is 12.6. The van der Waals surface area contributed by atoms with Crippen molar-refractivity contribution < 1.29 is 29.3 Å². The Morgan fingerprint density at radius 3 is 2.63 bits per heavy atom. The van der Waals surface area contributed by atoms with E-state index in [1.165, 1.54) is 0 Å². The number of para-hydroxylation sites is 1. The number of nitrogens with one attached hydrogen (secondary N) is 1. The predicted molar refractivity (Wildman–Crippen MR) is 139 cm³/mol. The molecule has 3 aliphatic rings. The predicted octanol–water partition coefficient (Wildman–Crippen LogP) is 2.40. The summed E-state index contributed by atoms with van der Waals surface area (Å²) in [6.45, 7) is 1.04. The molecule has 0 radical (unpaired) electrons. The first-order valence-corrected chi connectivity index (χ1v) is 13.7. The highest BCUT2D eigenvalue weighted by atomic mass is 127. The van der Waals surface area contributed by atoms with E-state index in [2.05, 4.69) is 27.9 Å². The molecule has 1 saturated heterocycles. The van der Waals surface area contributed by atoms with Gasteiger partial charge in [0.15, 0.2) is 0 Å². The van der Waals surface area contributed by atoms with E-state index < -0.39 is 18.2 Å². The number of nitrogens with zero attached hydrogens (tertiary/aromatic N) is 1. The average Bonchev–Trinajstić information content (AvgIpc) is 3.58. The molecule has 35 heavy (non-hydrogen) atoms.